The number of aliphatic carboxylic acids is 1. The third kappa shape index (κ3) is 12.5. The van der Waals surface area contributed by atoms with Gasteiger partial charge in [0.05, 0.1) is 12.0 Å². The van der Waals surface area contributed by atoms with Gasteiger partial charge in [0.2, 0.25) is 17.7 Å². The fraction of sp³-hybridized carbons (Fsp3) is 0.784. The number of amides is 4. The van der Waals surface area contributed by atoms with Crippen LogP contribution in [0.2, 0.25) is 0 Å². The van der Waals surface area contributed by atoms with Gasteiger partial charge in [0.15, 0.2) is 6.10 Å². The number of ether oxygens (including phenoxy) is 1. The zero-order chi connectivity index (χ0) is 39.3. The Morgan fingerprint density at radius 1 is 0.941 bits per heavy atom. The van der Waals surface area contributed by atoms with E-state index in [0.29, 0.717) is 38.5 Å². The number of halogens is 1. The molecule has 290 valence electrons. The van der Waals surface area contributed by atoms with Crippen molar-refractivity contribution in [3.05, 3.63) is 0 Å². The van der Waals surface area contributed by atoms with Gasteiger partial charge < -0.3 is 35.0 Å². The highest BCUT2D eigenvalue weighted by molar-refractivity contribution is 9.12. The number of hydrogen-bond acceptors (Lipinski definition) is 8. The van der Waals surface area contributed by atoms with Crippen molar-refractivity contribution < 1.29 is 43.7 Å². The van der Waals surface area contributed by atoms with Gasteiger partial charge in [0.25, 0.3) is 5.91 Å². The number of esters is 1. The smallest absolute Gasteiger partial charge is 0.329 e. The highest BCUT2D eigenvalue weighted by Gasteiger charge is 2.45. The zero-order valence-corrected chi connectivity index (χ0v) is 33.9. The second-order valence-electron chi connectivity index (χ2n) is 14.8. The van der Waals surface area contributed by atoms with Gasteiger partial charge in [-0.3, -0.25) is 19.2 Å². The molecule has 1 aliphatic rings. The van der Waals surface area contributed by atoms with Crippen LogP contribution in [-0.4, -0.2) is 117 Å². The van der Waals surface area contributed by atoms with Gasteiger partial charge in [-0.2, -0.15) is 0 Å². The maximum absolute atomic E-state index is 14.1. The first kappa shape index (κ1) is 45.8. The fourth-order valence-electron chi connectivity index (χ4n) is 6.44. The maximum atomic E-state index is 14.1. The van der Waals surface area contributed by atoms with Crippen molar-refractivity contribution >= 4 is 51.5 Å². The Kier molecular flexibility index (Phi) is 19.2. The van der Waals surface area contributed by atoms with E-state index in [4.69, 9.17) is 4.74 Å². The monoisotopic (exact) mass is 784 g/mol. The molecule has 3 N–H and O–H groups in total. The van der Waals surface area contributed by atoms with Crippen molar-refractivity contribution in [2.45, 2.75) is 137 Å². The Bertz CT molecular complexity index is 1280. The zero-order valence-electron chi connectivity index (χ0n) is 32.3. The second-order valence-corrected chi connectivity index (χ2v) is 15.2. The van der Waals surface area contributed by atoms with Crippen molar-refractivity contribution in [2.75, 3.05) is 20.6 Å². The lowest BCUT2D eigenvalue weighted by atomic mass is 9.95. The average Bonchev–Trinajstić information content (AvgIpc) is 3.55. The van der Waals surface area contributed by atoms with Crippen LogP contribution < -0.4 is 5.32 Å². The summed E-state index contributed by atoms with van der Waals surface area (Å²) in [5.74, 6) is -3.55. The van der Waals surface area contributed by atoms with Crippen molar-refractivity contribution in [2.24, 2.45) is 29.6 Å². The lowest BCUT2D eigenvalue weighted by Gasteiger charge is -2.37. The number of nitrogens with one attached hydrogen (secondary N) is 1. The van der Waals surface area contributed by atoms with Crippen LogP contribution in [0.25, 0.3) is 0 Å². The number of carboxylic acid groups (broad SMARTS) is 1. The van der Waals surface area contributed by atoms with Gasteiger partial charge in [-0.05, 0) is 54.7 Å². The number of unbranched alkanes of at least 4 members (excludes halogenated alkanes) is 1. The molecule has 1 aliphatic heterocycles. The molecule has 51 heavy (non-hydrogen) atoms. The predicted octanol–water partition coefficient (Wildman–Crippen LogP) is 3.65. The molecular weight excluding hydrogens is 724 g/mol. The summed E-state index contributed by atoms with van der Waals surface area (Å²) in [4.78, 5) is 87.0. The van der Waals surface area contributed by atoms with Crippen LogP contribution in [-0.2, 0) is 33.5 Å². The molecule has 0 aromatic rings. The number of nitrogens with zero attached hydrogens (tertiary/aromatic N) is 3. The van der Waals surface area contributed by atoms with Gasteiger partial charge in [-0.1, -0.05) is 68.2 Å². The van der Waals surface area contributed by atoms with E-state index in [1.165, 1.54) is 28.8 Å². The van der Waals surface area contributed by atoms with Gasteiger partial charge in [0, 0.05) is 48.9 Å². The van der Waals surface area contributed by atoms with E-state index in [1.807, 2.05) is 6.92 Å². The Balaban J connectivity index is 3.25. The molecule has 0 aliphatic carbocycles. The molecule has 0 unspecified atom stereocenters. The van der Waals surface area contributed by atoms with Gasteiger partial charge >= 0.3 is 11.9 Å². The van der Waals surface area contributed by atoms with Crippen LogP contribution in [0.3, 0.4) is 0 Å². The van der Waals surface area contributed by atoms with Crippen LogP contribution in [0, 0.1) is 40.3 Å². The molecule has 1 rings (SSSR count). The molecule has 1 fully saturated rings. The molecule has 0 radical (unpaired) electrons. The number of hydrogen-bond donors (Lipinski definition) is 3. The summed E-state index contributed by atoms with van der Waals surface area (Å²) in [6, 6.07) is -4.10. The van der Waals surface area contributed by atoms with Crippen molar-refractivity contribution in [1.82, 2.24) is 20.0 Å². The topological polar surface area (TPSA) is 174 Å². The highest BCUT2D eigenvalue weighted by Crippen LogP contribution is 2.27. The first-order chi connectivity index (χ1) is 23.7. The third-order valence-electron chi connectivity index (χ3n) is 9.85. The first-order valence-electron chi connectivity index (χ1n) is 18.1. The minimum absolute atomic E-state index is 0.243. The number of carbonyl (C=O) groups is 6. The quantitative estimate of drug-likeness (QED) is 0.100. The van der Waals surface area contributed by atoms with Crippen molar-refractivity contribution in [1.29, 1.82) is 0 Å². The van der Waals surface area contributed by atoms with Crippen molar-refractivity contribution in [3.8, 4) is 10.8 Å². The van der Waals surface area contributed by atoms with E-state index in [2.05, 4.69) is 32.0 Å². The number of rotatable bonds is 19. The summed E-state index contributed by atoms with van der Waals surface area (Å²) in [6.45, 7) is 15.9. The molecule has 0 saturated carbocycles. The molecular formula is C37H61BrN4O9. The van der Waals surface area contributed by atoms with E-state index in [-0.39, 0.29) is 18.4 Å². The normalized spacial score (nSPS) is 18.5. The highest BCUT2D eigenvalue weighted by atomic mass is 79.9. The lowest BCUT2D eigenvalue weighted by Crippen LogP contribution is -2.58. The minimum Gasteiger partial charge on any atom is -0.480 e. The van der Waals surface area contributed by atoms with Crippen LogP contribution in [0.4, 0.5) is 0 Å². The molecule has 0 spiro atoms. The second kappa shape index (κ2) is 21.4. The molecule has 0 bridgehead atoms. The van der Waals surface area contributed by atoms with Crippen LogP contribution >= 0.6 is 15.9 Å². The Hall–Kier alpha value is -3.18. The van der Waals surface area contributed by atoms with Gasteiger partial charge in [0.1, 0.15) is 24.2 Å². The molecule has 0 aromatic heterocycles. The summed E-state index contributed by atoms with van der Waals surface area (Å²) >= 11 is 3.03. The number of likely N-dealkylation sites (tertiary alicyclic amines) is 1. The van der Waals surface area contributed by atoms with Crippen molar-refractivity contribution in [3.63, 3.8) is 0 Å². The molecule has 4 amide bonds. The van der Waals surface area contributed by atoms with Gasteiger partial charge in [-0.25, -0.2) is 9.59 Å². The molecule has 0 aromatic carbocycles. The Morgan fingerprint density at radius 3 is 2.02 bits per heavy atom. The average molecular weight is 786 g/mol. The fourth-order valence-corrected chi connectivity index (χ4v) is 6.64. The number of carbonyl (C=O) groups excluding carboxylic acids is 5. The summed E-state index contributed by atoms with van der Waals surface area (Å²) < 4.78 is 5.95. The SMILES string of the molecule is CC[C@H](C)[C@H](OC(=O)[C@H](C(C)C)N(C)C(=O)[C@@H](NC(=O)[C@@H](C)[C@H](O)CCCC#CBr)C(C)C)C(=O)N1CCC[C@H]1C(=O)N(C)[C@H](C(=O)O)C(C)C. The lowest BCUT2D eigenvalue weighted by molar-refractivity contribution is -0.172. The predicted molar refractivity (Wildman–Crippen MR) is 197 cm³/mol. The van der Waals surface area contributed by atoms with Crippen LogP contribution in [0.5, 0.6) is 0 Å². The number of likely N-dealkylation sites (N-methyl/N-ethyl adjacent to an activating group) is 2. The van der Waals surface area contributed by atoms with E-state index < -0.39 is 89.7 Å². The molecule has 1 heterocycles. The van der Waals surface area contributed by atoms with E-state index >= 15 is 0 Å². The van der Waals surface area contributed by atoms with E-state index in [0.717, 1.165) is 0 Å². The molecule has 8 atom stereocenters. The standard InChI is InChI=1S/C37H61BrN4O9/c1-12-24(8)31(35(47)42-20-16-17-26(42)33(45)40(10)29(22(4)5)36(48)49)51-37(50)30(23(6)7)41(11)34(46)28(21(2)3)39-32(44)25(9)27(43)18-14-13-15-19-38/h21-31,43H,12-14,16-18,20H2,1-11H3,(H,39,44)(H,48,49)/t24-,25-,26-,27+,28-,29-,30-,31-/m0/s1. The Morgan fingerprint density at radius 2 is 1.53 bits per heavy atom. The van der Waals surface area contributed by atoms with E-state index in [1.54, 1.807) is 55.4 Å². The largest absolute Gasteiger partial charge is 0.480 e. The first-order valence-corrected chi connectivity index (χ1v) is 18.9. The number of aliphatic hydroxyl groups excluding tert-OH is 1. The number of carboxylic acids is 1. The number of aliphatic hydroxyl groups is 1. The summed E-state index contributed by atoms with van der Waals surface area (Å²) in [5, 5.41) is 23.1. The molecule has 14 heteroatoms. The molecule has 1 saturated heterocycles. The van der Waals surface area contributed by atoms with E-state index in [9.17, 15) is 39.0 Å². The van der Waals surface area contributed by atoms with Crippen LogP contribution in [0.1, 0.15) is 101 Å². The third-order valence-corrected chi connectivity index (χ3v) is 10.1. The Labute approximate surface area is 312 Å². The summed E-state index contributed by atoms with van der Waals surface area (Å²) in [5.41, 5.74) is 0. The molecule has 13 nitrogen and oxygen atoms in total. The minimum atomic E-state index is -1.25. The van der Waals surface area contributed by atoms with Crippen LogP contribution in [0.15, 0.2) is 0 Å². The summed E-state index contributed by atoms with van der Waals surface area (Å²) in [7, 11) is 2.88. The summed E-state index contributed by atoms with van der Waals surface area (Å²) in [6.07, 6.45) is 0.663. The van der Waals surface area contributed by atoms with Gasteiger partial charge in [-0.15, -0.1) is 0 Å². The maximum Gasteiger partial charge on any atom is 0.329 e.